The highest BCUT2D eigenvalue weighted by Crippen LogP contribution is 2.23. The van der Waals surface area contributed by atoms with Gasteiger partial charge in [0.25, 0.3) is 0 Å². The third-order valence-electron chi connectivity index (χ3n) is 3.63. The van der Waals surface area contributed by atoms with Gasteiger partial charge < -0.3 is 5.32 Å². The molecule has 9 heteroatoms. The monoisotopic (exact) mass is 409 g/mol. The maximum absolute atomic E-state index is 13.1. The van der Waals surface area contributed by atoms with E-state index in [0.717, 1.165) is 16.8 Å². The molecule has 0 atom stereocenters. The average molecular weight is 410 g/mol. The van der Waals surface area contributed by atoms with Gasteiger partial charge in [-0.05, 0) is 54.5 Å². The van der Waals surface area contributed by atoms with Crippen molar-refractivity contribution in [2.75, 3.05) is 10.6 Å². The highest BCUT2D eigenvalue weighted by Gasteiger charge is 2.08. The van der Waals surface area contributed by atoms with Crippen LogP contribution in [-0.4, -0.2) is 19.9 Å². The average Bonchev–Trinajstić information content (AvgIpc) is 3.01. The molecule has 3 rings (SSSR count). The summed E-state index contributed by atoms with van der Waals surface area (Å²) in [7, 11) is 0. The summed E-state index contributed by atoms with van der Waals surface area (Å²) in [4.78, 5) is 4.15. The molecular formula is C17H14Cl2FN5S. The molecule has 0 fully saturated rings. The second-order valence-corrected chi connectivity index (χ2v) is 6.72. The first-order valence-corrected chi connectivity index (χ1v) is 8.75. The van der Waals surface area contributed by atoms with Gasteiger partial charge in [-0.2, -0.15) is 0 Å². The number of rotatable bonds is 4. The molecule has 3 aromatic rings. The van der Waals surface area contributed by atoms with Crippen LogP contribution in [0.2, 0.25) is 10.0 Å². The van der Waals surface area contributed by atoms with Gasteiger partial charge in [-0.25, -0.2) is 14.1 Å². The molecule has 2 N–H and O–H groups in total. The fraction of sp³-hybridized carbons (Fsp3) is 0.118. The van der Waals surface area contributed by atoms with Crippen LogP contribution in [0.3, 0.4) is 0 Å². The van der Waals surface area contributed by atoms with Crippen LogP contribution in [0.4, 0.5) is 16.0 Å². The molecule has 0 aliphatic heterocycles. The van der Waals surface area contributed by atoms with Gasteiger partial charge in [-0.1, -0.05) is 35.3 Å². The van der Waals surface area contributed by atoms with Crippen LogP contribution in [-0.2, 0) is 6.54 Å². The van der Waals surface area contributed by atoms with Gasteiger partial charge in [0.2, 0.25) is 5.95 Å². The standard InChI is InChI=1S/C17H14Cl2FN5S/c1-10-13(18)3-2-4-15(10)22-17(26)23-16-21-9-25(24-16)8-11-5-6-12(20)7-14(11)19/h2-7,9H,8H2,1H3,(H2,22,23,24,26). The summed E-state index contributed by atoms with van der Waals surface area (Å²) in [6.07, 6.45) is 1.54. The van der Waals surface area contributed by atoms with E-state index < -0.39 is 0 Å². The minimum atomic E-state index is -0.382. The number of hydrogen-bond donors (Lipinski definition) is 2. The quantitative estimate of drug-likeness (QED) is 0.600. The molecule has 0 saturated heterocycles. The van der Waals surface area contributed by atoms with Crippen molar-refractivity contribution in [2.24, 2.45) is 0 Å². The molecule has 1 heterocycles. The van der Waals surface area contributed by atoms with Crippen molar-refractivity contribution < 1.29 is 4.39 Å². The number of nitrogens with zero attached hydrogens (tertiary/aromatic N) is 3. The highest BCUT2D eigenvalue weighted by molar-refractivity contribution is 7.80. The van der Waals surface area contributed by atoms with E-state index in [1.807, 2.05) is 25.1 Å². The normalized spacial score (nSPS) is 10.6. The molecule has 0 spiro atoms. The molecule has 0 aliphatic rings. The van der Waals surface area contributed by atoms with E-state index in [0.29, 0.717) is 27.7 Å². The lowest BCUT2D eigenvalue weighted by molar-refractivity contribution is 0.624. The molecule has 5 nitrogen and oxygen atoms in total. The van der Waals surface area contributed by atoms with Gasteiger partial charge in [0.05, 0.1) is 6.54 Å². The molecule has 134 valence electrons. The lowest BCUT2D eigenvalue weighted by Crippen LogP contribution is -2.20. The first-order valence-electron chi connectivity index (χ1n) is 7.59. The molecule has 0 unspecified atom stereocenters. The number of halogens is 3. The van der Waals surface area contributed by atoms with E-state index >= 15 is 0 Å². The zero-order chi connectivity index (χ0) is 18.7. The first-order chi connectivity index (χ1) is 12.4. The second-order valence-electron chi connectivity index (χ2n) is 5.49. The predicted molar refractivity (Wildman–Crippen MR) is 107 cm³/mol. The van der Waals surface area contributed by atoms with Crippen molar-refractivity contribution in [1.29, 1.82) is 0 Å². The number of hydrogen-bond acceptors (Lipinski definition) is 3. The van der Waals surface area contributed by atoms with E-state index in [9.17, 15) is 4.39 Å². The number of nitrogens with one attached hydrogen (secondary N) is 2. The lowest BCUT2D eigenvalue weighted by Gasteiger charge is -2.11. The molecule has 0 saturated carbocycles. The van der Waals surface area contributed by atoms with E-state index in [1.54, 1.807) is 10.7 Å². The van der Waals surface area contributed by atoms with Crippen LogP contribution in [0.15, 0.2) is 42.7 Å². The topological polar surface area (TPSA) is 54.8 Å². The Morgan fingerprint density at radius 3 is 2.77 bits per heavy atom. The van der Waals surface area contributed by atoms with Gasteiger partial charge in [0.1, 0.15) is 12.1 Å². The predicted octanol–water partition coefficient (Wildman–Crippen LogP) is 4.89. The summed E-state index contributed by atoms with van der Waals surface area (Å²) in [6.45, 7) is 2.26. The molecular weight excluding hydrogens is 396 g/mol. The number of anilines is 2. The van der Waals surface area contributed by atoms with Crippen LogP contribution in [0.1, 0.15) is 11.1 Å². The number of thiocarbonyl (C=S) groups is 1. The summed E-state index contributed by atoms with van der Waals surface area (Å²) in [5.74, 6) is -0.0483. The Bertz CT molecular complexity index is 960. The van der Waals surface area contributed by atoms with Crippen molar-refractivity contribution in [3.05, 3.63) is 69.7 Å². The smallest absolute Gasteiger partial charge is 0.248 e. The lowest BCUT2D eigenvalue weighted by atomic mass is 10.2. The summed E-state index contributed by atoms with van der Waals surface area (Å²) in [5.41, 5.74) is 2.43. The van der Waals surface area contributed by atoms with Crippen molar-refractivity contribution in [1.82, 2.24) is 14.8 Å². The Morgan fingerprint density at radius 1 is 1.19 bits per heavy atom. The first kappa shape index (κ1) is 18.6. The van der Waals surface area contributed by atoms with Gasteiger partial charge in [0, 0.05) is 15.7 Å². The van der Waals surface area contributed by atoms with Crippen molar-refractivity contribution in [3.63, 3.8) is 0 Å². The molecule has 0 amide bonds. The molecule has 2 aromatic carbocycles. The Balaban J connectivity index is 1.64. The summed E-state index contributed by atoms with van der Waals surface area (Å²) < 4.78 is 14.7. The van der Waals surface area contributed by atoms with E-state index in [-0.39, 0.29) is 5.82 Å². The highest BCUT2D eigenvalue weighted by atomic mass is 35.5. The third kappa shape index (κ3) is 4.49. The Kier molecular flexibility index (Phi) is 5.70. The van der Waals surface area contributed by atoms with Crippen LogP contribution in [0, 0.1) is 12.7 Å². The Morgan fingerprint density at radius 2 is 2.00 bits per heavy atom. The zero-order valence-electron chi connectivity index (χ0n) is 13.6. The molecule has 26 heavy (non-hydrogen) atoms. The van der Waals surface area contributed by atoms with Crippen molar-refractivity contribution >= 4 is 52.2 Å². The van der Waals surface area contributed by atoms with Gasteiger partial charge >= 0.3 is 0 Å². The van der Waals surface area contributed by atoms with Crippen LogP contribution < -0.4 is 10.6 Å². The van der Waals surface area contributed by atoms with E-state index in [2.05, 4.69) is 20.7 Å². The summed E-state index contributed by atoms with van der Waals surface area (Å²) >= 11 is 17.4. The zero-order valence-corrected chi connectivity index (χ0v) is 16.0. The van der Waals surface area contributed by atoms with Gasteiger partial charge in [-0.3, -0.25) is 5.32 Å². The summed E-state index contributed by atoms with van der Waals surface area (Å²) in [6, 6.07) is 9.74. The van der Waals surface area contributed by atoms with E-state index in [4.69, 9.17) is 35.4 Å². The Labute approximate surface area is 165 Å². The molecule has 1 aromatic heterocycles. The number of benzene rings is 2. The van der Waals surface area contributed by atoms with Crippen LogP contribution in [0.5, 0.6) is 0 Å². The van der Waals surface area contributed by atoms with Gasteiger partial charge in [-0.15, -0.1) is 5.10 Å². The Hall–Kier alpha value is -2.22. The van der Waals surface area contributed by atoms with Gasteiger partial charge in [0.15, 0.2) is 5.11 Å². The number of aromatic nitrogens is 3. The molecule has 0 aliphatic carbocycles. The van der Waals surface area contributed by atoms with E-state index in [1.165, 1.54) is 18.5 Å². The maximum Gasteiger partial charge on any atom is 0.248 e. The summed E-state index contributed by atoms with van der Waals surface area (Å²) in [5, 5.41) is 11.6. The fourth-order valence-corrected chi connectivity index (χ4v) is 2.85. The van der Waals surface area contributed by atoms with Crippen molar-refractivity contribution in [2.45, 2.75) is 13.5 Å². The second kappa shape index (κ2) is 7.99. The minimum absolute atomic E-state index is 0.334. The van der Waals surface area contributed by atoms with Crippen LogP contribution in [0.25, 0.3) is 0 Å². The largest absolute Gasteiger partial charge is 0.332 e. The minimum Gasteiger partial charge on any atom is -0.332 e. The third-order valence-corrected chi connectivity index (χ3v) is 4.59. The fourth-order valence-electron chi connectivity index (χ4n) is 2.25. The SMILES string of the molecule is Cc1c(Cl)cccc1NC(=S)Nc1ncn(Cc2ccc(F)cc2Cl)n1. The van der Waals surface area contributed by atoms with Crippen molar-refractivity contribution in [3.8, 4) is 0 Å². The van der Waals surface area contributed by atoms with Crippen LogP contribution >= 0.6 is 35.4 Å². The maximum atomic E-state index is 13.1. The molecule has 0 radical (unpaired) electrons. The molecule has 0 bridgehead atoms.